The third kappa shape index (κ3) is 5.36. The number of carboxylic acids is 1. The number of rotatable bonds is 8. The Kier molecular flexibility index (Phi) is 8.22. The number of ketones is 1. The van der Waals surface area contributed by atoms with Gasteiger partial charge in [-0.3, -0.25) is 4.79 Å². The van der Waals surface area contributed by atoms with Gasteiger partial charge in [-0.1, -0.05) is 18.2 Å². The number of fused-ring (bicyclic) bond motifs is 1. The summed E-state index contributed by atoms with van der Waals surface area (Å²) in [5.74, 6) is -0.758. The molecule has 0 aliphatic heterocycles. The van der Waals surface area contributed by atoms with Crippen LogP contribution in [0.1, 0.15) is 21.5 Å². The van der Waals surface area contributed by atoms with Crippen molar-refractivity contribution < 1.29 is 58.4 Å². The minimum Gasteiger partial charge on any atom is -0.545 e. The number of carbonyl (C=O) groups is 2. The van der Waals surface area contributed by atoms with Crippen LogP contribution in [0.5, 0.6) is 11.5 Å². The number of aromatic nitrogens is 2. The van der Waals surface area contributed by atoms with Crippen LogP contribution in [0.25, 0.3) is 16.6 Å². The maximum absolute atomic E-state index is 13.6. The van der Waals surface area contributed by atoms with Crippen LogP contribution < -0.4 is 44.1 Å². The van der Waals surface area contributed by atoms with Crippen molar-refractivity contribution in [1.29, 1.82) is 0 Å². The maximum Gasteiger partial charge on any atom is 1.00 e. The Morgan fingerprint density at radius 2 is 1.53 bits per heavy atom. The maximum atomic E-state index is 13.6. The van der Waals surface area contributed by atoms with Crippen LogP contribution in [0.4, 0.5) is 0 Å². The SMILES string of the molecule is COc1ccc(C(=O)/C(Cc2cccc(OC)c2)=C(/C(=O)[O-])c2ccc3nonc3c2)cc1.[Na+]. The molecule has 0 aliphatic rings. The second kappa shape index (κ2) is 11.1. The van der Waals surface area contributed by atoms with Gasteiger partial charge in [-0.05, 0) is 70.0 Å². The van der Waals surface area contributed by atoms with Crippen molar-refractivity contribution in [3.05, 3.63) is 89.0 Å². The van der Waals surface area contributed by atoms with E-state index in [1.54, 1.807) is 60.7 Å². The molecule has 4 rings (SSSR count). The Morgan fingerprint density at radius 3 is 2.21 bits per heavy atom. The summed E-state index contributed by atoms with van der Waals surface area (Å²) in [6.45, 7) is 0. The molecule has 0 radical (unpaired) electrons. The molecule has 166 valence electrons. The zero-order valence-electron chi connectivity index (χ0n) is 18.9. The first-order chi connectivity index (χ1) is 16.0. The quantitative estimate of drug-likeness (QED) is 0.201. The molecule has 0 N–H and O–H groups in total. The molecule has 4 aromatic rings. The third-order valence-electron chi connectivity index (χ3n) is 5.19. The number of carboxylic acid groups (broad SMARTS) is 1. The summed E-state index contributed by atoms with van der Waals surface area (Å²) in [4.78, 5) is 25.9. The van der Waals surface area contributed by atoms with E-state index in [4.69, 9.17) is 14.1 Å². The van der Waals surface area contributed by atoms with Crippen molar-refractivity contribution in [2.75, 3.05) is 14.2 Å². The number of aliphatic carboxylic acids is 1. The average molecular weight is 466 g/mol. The fraction of sp³-hybridized carbons (Fsp3) is 0.120. The molecule has 0 atom stereocenters. The Morgan fingerprint density at radius 1 is 0.853 bits per heavy atom. The first kappa shape index (κ1) is 25.2. The Hall–Kier alpha value is -3.46. The summed E-state index contributed by atoms with van der Waals surface area (Å²) in [5.41, 5.74) is 1.94. The fourth-order valence-electron chi connectivity index (χ4n) is 3.54. The average Bonchev–Trinajstić information content (AvgIpc) is 3.31. The molecule has 9 heteroatoms. The smallest absolute Gasteiger partial charge is 0.545 e. The van der Waals surface area contributed by atoms with Crippen molar-refractivity contribution in [2.45, 2.75) is 6.42 Å². The van der Waals surface area contributed by atoms with Crippen LogP contribution >= 0.6 is 0 Å². The van der Waals surface area contributed by atoms with Gasteiger partial charge in [0.25, 0.3) is 0 Å². The summed E-state index contributed by atoms with van der Waals surface area (Å²) in [6.07, 6.45) is 0.0421. The van der Waals surface area contributed by atoms with Crippen LogP contribution in [0.3, 0.4) is 0 Å². The van der Waals surface area contributed by atoms with Gasteiger partial charge in [0.05, 0.1) is 20.2 Å². The summed E-state index contributed by atoms with van der Waals surface area (Å²) in [5, 5.41) is 19.8. The number of hydrogen-bond acceptors (Lipinski definition) is 8. The zero-order chi connectivity index (χ0) is 23.4. The van der Waals surface area contributed by atoms with Crippen molar-refractivity contribution in [1.82, 2.24) is 10.3 Å². The van der Waals surface area contributed by atoms with Crippen LogP contribution in [-0.2, 0) is 11.2 Å². The van der Waals surface area contributed by atoms with E-state index in [1.165, 1.54) is 20.3 Å². The molecule has 0 aliphatic carbocycles. The van der Waals surface area contributed by atoms with E-state index in [-0.39, 0.29) is 52.7 Å². The molecule has 0 saturated heterocycles. The predicted molar refractivity (Wildman–Crippen MR) is 118 cm³/mol. The number of hydrogen-bond donors (Lipinski definition) is 0. The van der Waals surface area contributed by atoms with E-state index in [0.29, 0.717) is 33.7 Å². The first-order valence-electron chi connectivity index (χ1n) is 9.99. The van der Waals surface area contributed by atoms with E-state index in [1.807, 2.05) is 0 Å². The van der Waals surface area contributed by atoms with Gasteiger partial charge in [-0.2, -0.15) is 0 Å². The molecule has 0 saturated carbocycles. The molecule has 1 heterocycles. The molecule has 0 unspecified atom stereocenters. The largest absolute Gasteiger partial charge is 1.00 e. The monoisotopic (exact) mass is 466 g/mol. The van der Waals surface area contributed by atoms with E-state index < -0.39 is 11.8 Å². The molecule has 0 bridgehead atoms. The third-order valence-corrected chi connectivity index (χ3v) is 5.19. The number of ether oxygens (including phenoxy) is 2. The molecule has 3 aromatic carbocycles. The van der Waals surface area contributed by atoms with Crippen molar-refractivity contribution >= 4 is 28.4 Å². The summed E-state index contributed by atoms with van der Waals surface area (Å²) < 4.78 is 15.1. The number of methoxy groups -OCH3 is 2. The number of benzene rings is 3. The van der Waals surface area contributed by atoms with Crippen LogP contribution in [0.2, 0.25) is 0 Å². The van der Waals surface area contributed by atoms with Crippen LogP contribution in [0, 0.1) is 0 Å². The van der Waals surface area contributed by atoms with Gasteiger partial charge in [0, 0.05) is 23.1 Å². The second-order valence-corrected chi connectivity index (χ2v) is 7.19. The Bertz CT molecular complexity index is 1360. The summed E-state index contributed by atoms with van der Waals surface area (Å²) >= 11 is 0. The summed E-state index contributed by atoms with van der Waals surface area (Å²) in [7, 11) is 3.06. The number of allylic oxidation sites excluding steroid dienone is 1. The number of Topliss-reactive ketones (excluding diaryl/α,β-unsaturated/α-hetero) is 1. The van der Waals surface area contributed by atoms with Gasteiger partial charge >= 0.3 is 29.6 Å². The van der Waals surface area contributed by atoms with Gasteiger partial charge < -0.3 is 19.4 Å². The zero-order valence-corrected chi connectivity index (χ0v) is 20.9. The van der Waals surface area contributed by atoms with E-state index in [0.717, 1.165) is 0 Å². The minimum atomic E-state index is -1.48. The second-order valence-electron chi connectivity index (χ2n) is 7.19. The Balaban J connectivity index is 0.00000324. The van der Waals surface area contributed by atoms with E-state index >= 15 is 0 Å². The first-order valence-corrected chi connectivity index (χ1v) is 9.99. The van der Waals surface area contributed by atoms with Gasteiger partial charge in [-0.15, -0.1) is 0 Å². The molecule has 34 heavy (non-hydrogen) atoms. The molecule has 0 spiro atoms. The van der Waals surface area contributed by atoms with Gasteiger partial charge in [0.2, 0.25) is 0 Å². The van der Waals surface area contributed by atoms with Gasteiger partial charge in [0.1, 0.15) is 22.5 Å². The summed E-state index contributed by atoms with van der Waals surface area (Å²) in [6, 6.07) is 18.2. The predicted octanol–water partition coefficient (Wildman–Crippen LogP) is -0.127. The standard InChI is InChI=1S/C25H20N2O6.Na/c1-31-18-9-6-16(7-10-18)24(28)20(13-15-4-3-5-19(12-15)32-2)23(25(29)30)17-8-11-21-22(14-17)27-33-26-21;/h3-12,14H,13H2,1-2H3,(H,29,30);/q;+1/p-1/b23-20+;. The number of nitrogens with zero attached hydrogens (tertiary/aromatic N) is 2. The van der Waals surface area contributed by atoms with E-state index in [2.05, 4.69) is 10.3 Å². The number of carbonyl (C=O) groups excluding carboxylic acids is 2. The van der Waals surface area contributed by atoms with E-state index in [9.17, 15) is 14.7 Å². The van der Waals surface area contributed by atoms with Crippen LogP contribution in [-0.4, -0.2) is 36.3 Å². The minimum absolute atomic E-state index is 0. The van der Waals surface area contributed by atoms with Crippen molar-refractivity contribution in [3.63, 3.8) is 0 Å². The molecule has 0 amide bonds. The Labute approximate surface area is 217 Å². The molecule has 0 fully saturated rings. The van der Waals surface area contributed by atoms with Gasteiger partial charge in [0.15, 0.2) is 5.78 Å². The molecular formula is C25H19N2NaO6. The topological polar surface area (TPSA) is 115 Å². The molecule has 1 aromatic heterocycles. The van der Waals surface area contributed by atoms with Crippen LogP contribution in [0.15, 0.2) is 76.9 Å². The molecule has 8 nitrogen and oxygen atoms in total. The fourth-order valence-corrected chi connectivity index (χ4v) is 3.54. The molecular weight excluding hydrogens is 447 g/mol. The van der Waals surface area contributed by atoms with Crippen molar-refractivity contribution in [2.24, 2.45) is 0 Å². The normalized spacial score (nSPS) is 11.4. The van der Waals surface area contributed by atoms with Crippen molar-refractivity contribution in [3.8, 4) is 11.5 Å². The van der Waals surface area contributed by atoms with Gasteiger partial charge in [-0.25, -0.2) is 4.63 Å².